The second-order valence-electron chi connectivity index (χ2n) is 7.33. The molecule has 0 saturated carbocycles. The number of ether oxygens (including phenoxy) is 1. The van der Waals surface area contributed by atoms with Gasteiger partial charge in [0, 0.05) is 46.0 Å². The van der Waals surface area contributed by atoms with Crippen LogP contribution in [0, 0.1) is 0 Å². The molecule has 2 heterocycles. The number of nitrogens with one attached hydrogen (secondary N) is 2. The van der Waals surface area contributed by atoms with Crippen LogP contribution in [0.25, 0.3) is 0 Å². The van der Waals surface area contributed by atoms with Crippen LogP contribution in [0.5, 0.6) is 0 Å². The number of nitrogens with zero attached hydrogens (tertiary/aromatic N) is 3. The average Bonchev–Trinajstić information content (AvgIpc) is 2.72. The number of aromatic nitrogens is 1. The molecule has 0 spiro atoms. The molecule has 1 aromatic heterocycles. The van der Waals surface area contributed by atoms with E-state index in [9.17, 15) is 0 Å². The van der Waals surface area contributed by atoms with Gasteiger partial charge in [-0.1, -0.05) is 41.9 Å². The van der Waals surface area contributed by atoms with Crippen LogP contribution in [0.4, 0.5) is 0 Å². The number of hydrogen-bond acceptors (Lipinski definition) is 4. The van der Waals surface area contributed by atoms with Crippen LogP contribution >= 0.6 is 11.6 Å². The Morgan fingerprint density at radius 2 is 2.10 bits per heavy atom. The maximum absolute atomic E-state index is 5.83. The first-order valence-corrected chi connectivity index (χ1v) is 10.5. The quantitative estimate of drug-likeness (QED) is 0.413. The van der Waals surface area contributed by atoms with E-state index in [2.05, 4.69) is 56.7 Å². The summed E-state index contributed by atoms with van der Waals surface area (Å²) >= 11 is 5.83. The van der Waals surface area contributed by atoms with Gasteiger partial charge in [-0.2, -0.15) is 0 Å². The third-order valence-electron chi connectivity index (χ3n) is 4.90. The summed E-state index contributed by atoms with van der Waals surface area (Å²) in [5.74, 6) is 0.791. The Balaban J connectivity index is 1.44. The largest absolute Gasteiger partial charge is 0.376 e. The zero-order chi connectivity index (χ0) is 20.5. The van der Waals surface area contributed by atoms with E-state index in [1.54, 1.807) is 13.2 Å². The highest BCUT2D eigenvalue weighted by Gasteiger charge is 2.16. The van der Waals surface area contributed by atoms with E-state index >= 15 is 0 Å². The summed E-state index contributed by atoms with van der Waals surface area (Å²) < 4.78 is 5.63. The first-order valence-electron chi connectivity index (χ1n) is 10.1. The Morgan fingerprint density at radius 1 is 1.24 bits per heavy atom. The monoisotopic (exact) mass is 415 g/mol. The van der Waals surface area contributed by atoms with Crippen LogP contribution < -0.4 is 10.6 Å². The molecule has 156 valence electrons. The van der Waals surface area contributed by atoms with Gasteiger partial charge in [-0.05, 0) is 36.1 Å². The van der Waals surface area contributed by atoms with Gasteiger partial charge in [-0.3, -0.25) is 9.89 Å². The van der Waals surface area contributed by atoms with Crippen molar-refractivity contribution in [2.75, 3.05) is 33.3 Å². The first kappa shape index (κ1) is 21.6. The Hall–Kier alpha value is -2.15. The van der Waals surface area contributed by atoms with Crippen molar-refractivity contribution < 1.29 is 4.74 Å². The molecule has 1 atom stereocenters. The molecule has 1 fully saturated rings. The molecule has 0 amide bonds. The van der Waals surface area contributed by atoms with Crippen LogP contribution in [0.2, 0.25) is 5.15 Å². The fourth-order valence-electron chi connectivity index (χ4n) is 3.42. The van der Waals surface area contributed by atoms with Gasteiger partial charge >= 0.3 is 0 Å². The predicted octanol–water partition coefficient (Wildman–Crippen LogP) is 2.86. The van der Waals surface area contributed by atoms with Crippen LogP contribution in [0.15, 0.2) is 47.6 Å². The summed E-state index contributed by atoms with van der Waals surface area (Å²) in [6, 6.07) is 12.5. The van der Waals surface area contributed by atoms with E-state index in [-0.39, 0.29) is 0 Å². The molecular formula is C22H30ClN5O. The third kappa shape index (κ3) is 7.31. The van der Waals surface area contributed by atoms with Gasteiger partial charge in [0.15, 0.2) is 5.96 Å². The fraction of sp³-hybridized carbons (Fsp3) is 0.455. The number of rotatable bonds is 7. The van der Waals surface area contributed by atoms with E-state index in [4.69, 9.17) is 16.3 Å². The van der Waals surface area contributed by atoms with Crippen molar-refractivity contribution in [1.82, 2.24) is 20.5 Å². The number of morpholine rings is 1. The zero-order valence-electron chi connectivity index (χ0n) is 17.2. The van der Waals surface area contributed by atoms with Crippen molar-refractivity contribution in [3.63, 3.8) is 0 Å². The highest BCUT2D eigenvalue weighted by atomic mass is 35.5. The fourth-order valence-corrected chi connectivity index (χ4v) is 3.53. The minimum absolute atomic E-state index is 0.312. The van der Waals surface area contributed by atoms with Crippen LogP contribution in [0.1, 0.15) is 23.6 Å². The summed E-state index contributed by atoms with van der Waals surface area (Å²) in [4.78, 5) is 10.9. The van der Waals surface area contributed by atoms with E-state index < -0.39 is 0 Å². The molecule has 0 bridgehead atoms. The molecule has 1 unspecified atom stereocenters. The predicted molar refractivity (Wildman–Crippen MR) is 118 cm³/mol. The molecular weight excluding hydrogens is 386 g/mol. The van der Waals surface area contributed by atoms with E-state index in [1.807, 2.05) is 12.1 Å². The Morgan fingerprint density at radius 3 is 2.86 bits per heavy atom. The van der Waals surface area contributed by atoms with Gasteiger partial charge in [-0.25, -0.2) is 4.98 Å². The second kappa shape index (κ2) is 11.1. The van der Waals surface area contributed by atoms with Gasteiger partial charge in [0.25, 0.3) is 0 Å². The molecule has 7 heteroatoms. The standard InChI is InChI=1S/C22H30ClN5O/c1-17-15-28(10-11-29-17)16-20-5-3-4-19(12-20)14-27-22(24-2)25-9-8-18-6-7-21(23)26-13-18/h3-7,12-13,17H,8-11,14-16H2,1-2H3,(H2,24,25,27). The summed E-state index contributed by atoms with van der Waals surface area (Å²) in [6.45, 7) is 7.40. The molecule has 0 radical (unpaired) electrons. The smallest absolute Gasteiger partial charge is 0.191 e. The number of pyridine rings is 1. The van der Waals surface area contributed by atoms with Crippen LogP contribution in [-0.4, -0.2) is 55.2 Å². The lowest BCUT2D eigenvalue weighted by molar-refractivity contribution is -0.0212. The van der Waals surface area contributed by atoms with E-state index in [1.165, 1.54) is 11.1 Å². The van der Waals surface area contributed by atoms with E-state index in [0.29, 0.717) is 11.3 Å². The van der Waals surface area contributed by atoms with Gasteiger partial charge in [0.2, 0.25) is 0 Å². The lowest BCUT2D eigenvalue weighted by atomic mass is 10.1. The topological polar surface area (TPSA) is 61.8 Å². The maximum Gasteiger partial charge on any atom is 0.191 e. The van der Waals surface area contributed by atoms with Crippen molar-refractivity contribution in [1.29, 1.82) is 0 Å². The highest BCUT2D eigenvalue weighted by molar-refractivity contribution is 6.29. The normalized spacial score (nSPS) is 17.9. The molecule has 1 aliphatic heterocycles. The van der Waals surface area contributed by atoms with Crippen molar-refractivity contribution >= 4 is 17.6 Å². The first-order chi connectivity index (χ1) is 14.1. The minimum Gasteiger partial charge on any atom is -0.376 e. The lowest BCUT2D eigenvalue weighted by Gasteiger charge is -2.31. The van der Waals surface area contributed by atoms with Crippen molar-refractivity contribution in [3.8, 4) is 0 Å². The van der Waals surface area contributed by atoms with E-state index in [0.717, 1.165) is 57.3 Å². The summed E-state index contributed by atoms with van der Waals surface area (Å²) in [5, 5.41) is 7.25. The average molecular weight is 416 g/mol. The van der Waals surface area contributed by atoms with Gasteiger partial charge < -0.3 is 15.4 Å². The number of hydrogen-bond donors (Lipinski definition) is 2. The Bertz CT molecular complexity index is 796. The number of aliphatic imine (C=N–C) groups is 1. The van der Waals surface area contributed by atoms with Crippen LogP contribution in [-0.2, 0) is 24.2 Å². The van der Waals surface area contributed by atoms with Gasteiger partial charge in [0.1, 0.15) is 5.15 Å². The molecule has 1 aliphatic rings. The molecule has 2 aromatic rings. The van der Waals surface area contributed by atoms with Gasteiger partial charge in [0.05, 0.1) is 12.7 Å². The molecule has 3 rings (SSSR count). The number of halogens is 1. The Labute approximate surface area is 178 Å². The molecule has 1 aromatic carbocycles. The summed E-state index contributed by atoms with van der Waals surface area (Å²) in [6.07, 6.45) is 2.98. The maximum atomic E-state index is 5.83. The minimum atomic E-state index is 0.312. The number of benzene rings is 1. The summed E-state index contributed by atoms with van der Waals surface area (Å²) in [5.41, 5.74) is 3.72. The molecule has 0 aliphatic carbocycles. The SMILES string of the molecule is CN=C(NCCc1ccc(Cl)nc1)NCc1cccc(CN2CCOC(C)C2)c1. The zero-order valence-corrected chi connectivity index (χ0v) is 18.0. The summed E-state index contributed by atoms with van der Waals surface area (Å²) in [7, 11) is 1.79. The Kier molecular flexibility index (Phi) is 8.28. The molecule has 29 heavy (non-hydrogen) atoms. The van der Waals surface area contributed by atoms with Crippen LogP contribution in [0.3, 0.4) is 0 Å². The van der Waals surface area contributed by atoms with Crippen molar-refractivity contribution in [3.05, 3.63) is 64.4 Å². The molecule has 1 saturated heterocycles. The third-order valence-corrected chi connectivity index (χ3v) is 5.12. The molecule has 6 nitrogen and oxygen atoms in total. The highest BCUT2D eigenvalue weighted by Crippen LogP contribution is 2.12. The number of guanidine groups is 1. The second-order valence-corrected chi connectivity index (χ2v) is 7.72. The molecule has 2 N–H and O–H groups in total. The van der Waals surface area contributed by atoms with Gasteiger partial charge in [-0.15, -0.1) is 0 Å². The van der Waals surface area contributed by atoms with Crippen molar-refractivity contribution in [2.45, 2.75) is 32.5 Å². The lowest BCUT2D eigenvalue weighted by Crippen LogP contribution is -2.40. The van der Waals surface area contributed by atoms with Crippen molar-refractivity contribution in [2.24, 2.45) is 4.99 Å².